The fourth-order valence-corrected chi connectivity index (χ4v) is 6.36. The van der Waals surface area contributed by atoms with Crippen molar-refractivity contribution in [3.63, 3.8) is 0 Å². The van der Waals surface area contributed by atoms with Crippen LogP contribution in [-0.2, 0) is 35.2 Å². The second-order valence-electron chi connectivity index (χ2n) is 14.1. The fraction of sp³-hybridized carbons (Fsp3) is 0.462. The van der Waals surface area contributed by atoms with E-state index >= 15 is 0 Å². The molecule has 3 aromatic carbocycles. The Balaban J connectivity index is 1.20. The van der Waals surface area contributed by atoms with Crippen molar-refractivity contribution in [1.29, 1.82) is 0 Å². The van der Waals surface area contributed by atoms with Crippen LogP contribution < -0.4 is 16.4 Å². The van der Waals surface area contributed by atoms with E-state index in [1.54, 1.807) is 18.2 Å². The van der Waals surface area contributed by atoms with Crippen molar-refractivity contribution in [3.8, 4) is 0 Å². The van der Waals surface area contributed by atoms with E-state index in [0.29, 0.717) is 42.9 Å². The van der Waals surface area contributed by atoms with Crippen molar-refractivity contribution < 1.29 is 33.7 Å². The number of nitrogens with two attached hydrogens (primary N) is 1. The summed E-state index contributed by atoms with van der Waals surface area (Å²) in [5, 5.41) is 15.3. The van der Waals surface area contributed by atoms with E-state index in [-0.39, 0.29) is 55.5 Å². The number of esters is 1. The third-order valence-corrected chi connectivity index (χ3v) is 8.83. The van der Waals surface area contributed by atoms with Crippen molar-refractivity contribution in [1.82, 2.24) is 4.90 Å². The van der Waals surface area contributed by atoms with Gasteiger partial charge in [-0.05, 0) is 88.4 Å². The number of rotatable bonds is 13. The first-order valence-electron chi connectivity index (χ1n) is 17.5. The van der Waals surface area contributed by atoms with E-state index in [4.69, 9.17) is 19.9 Å². The molecular formula is C39H50N4O7. The molecule has 5 rings (SSSR count). The second-order valence-corrected chi connectivity index (χ2v) is 14.1. The summed E-state index contributed by atoms with van der Waals surface area (Å²) < 4.78 is 18.8. The number of carbonyl (C=O) groups is 3. The predicted molar refractivity (Wildman–Crippen MR) is 192 cm³/mol. The maximum atomic E-state index is 13.1. The number of nitrogens with zero attached hydrogens (tertiary/aromatic N) is 1. The Bertz CT molecular complexity index is 1610. The number of likely N-dealkylation sites (tertiary alicyclic amines) is 1. The van der Waals surface area contributed by atoms with Gasteiger partial charge in [-0.1, -0.05) is 48.5 Å². The van der Waals surface area contributed by atoms with E-state index in [0.717, 1.165) is 36.1 Å². The summed E-state index contributed by atoms with van der Waals surface area (Å²) in [4.78, 5) is 40.4. The van der Waals surface area contributed by atoms with Crippen LogP contribution in [0.25, 0.3) is 0 Å². The molecule has 11 nitrogen and oxygen atoms in total. The molecule has 5 N–H and O–H groups in total. The quantitative estimate of drug-likeness (QED) is 0.0929. The molecule has 2 aliphatic rings. The molecule has 2 saturated heterocycles. The zero-order valence-corrected chi connectivity index (χ0v) is 29.2. The molecule has 11 heteroatoms. The molecule has 268 valence electrons. The molecule has 2 aliphatic heterocycles. The number of aliphatic hydroxyl groups is 1. The minimum absolute atomic E-state index is 0.0428. The Labute approximate surface area is 294 Å². The van der Waals surface area contributed by atoms with Gasteiger partial charge in [0.1, 0.15) is 11.6 Å². The number of amides is 2. The molecule has 0 saturated carbocycles. The zero-order valence-electron chi connectivity index (χ0n) is 29.2. The molecule has 0 aliphatic carbocycles. The lowest BCUT2D eigenvalue weighted by molar-refractivity contribution is -0.253. The number of para-hydroxylation sites is 2. The first-order valence-corrected chi connectivity index (χ1v) is 17.5. The van der Waals surface area contributed by atoms with Gasteiger partial charge in [-0.15, -0.1) is 0 Å². The summed E-state index contributed by atoms with van der Waals surface area (Å²) in [7, 11) is 0. The van der Waals surface area contributed by atoms with Gasteiger partial charge in [-0.3, -0.25) is 19.3 Å². The normalized spacial score (nSPS) is 21.0. The van der Waals surface area contributed by atoms with Gasteiger partial charge in [0.25, 0.3) is 0 Å². The molecular weight excluding hydrogens is 636 g/mol. The van der Waals surface area contributed by atoms with Gasteiger partial charge in [0.15, 0.2) is 6.29 Å². The standard InChI is InChI=1S/C39H50N4O7/c1-39(2,3)50-37(47)33-14-9-21-43(33)24-30-23-34(27-19-17-26(25-44)18-20-27)49-38(48-30)28-10-8-11-29(22-28)41-35(45)15-6-7-16-36(46)42-32-13-5-4-12-31(32)40/h4-5,8,10-13,17-20,22,30,33-34,38,44H,6-7,9,14-16,21,23-25,40H2,1-3H3,(H,41,45)(H,42,46)/t30-,33-,34+,38+/m0/s1. The fourth-order valence-electron chi connectivity index (χ4n) is 6.36. The number of ether oxygens (including phenoxy) is 3. The van der Waals surface area contributed by atoms with Crippen LogP contribution in [0.4, 0.5) is 17.1 Å². The van der Waals surface area contributed by atoms with E-state index in [1.165, 1.54) is 0 Å². The smallest absolute Gasteiger partial charge is 0.323 e. The van der Waals surface area contributed by atoms with E-state index in [1.807, 2.05) is 75.4 Å². The number of hydrogen-bond acceptors (Lipinski definition) is 9. The van der Waals surface area contributed by atoms with Crippen LogP contribution in [0, 0.1) is 0 Å². The summed E-state index contributed by atoms with van der Waals surface area (Å²) in [5.41, 5.74) is 9.59. The maximum Gasteiger partial charge on any atom is 0.323 e. The van der Waals surface area contributed by atoms with Crippen LogP contribution in [0.1, 0.15) is 94.8 Å². The highest BCUT2D eigenvalue weighted by Gasteiger charge is 2.39. The van der Waals surface area contributed by atoms with Gasteiger partial charge in [-0.25, -0.2) is 0 Å². The lowest BCUT2D eigenvalue weighted by Gasteiger charge is -2.38. The van der Waals surface area contributed by atoms with Gasteiger partial charge >= 0.3 is 5.97 Å². The summed E-state index contributed by atoms with van der Waals surface area (Å²) in [6.07, 6.45) is 2.65. The number of anilines is 3. The largest absolute Gasteiger partial charge is 0.459 e. The SMILES string of the molecule is CC(C)(C)OC(=O)[C@@H]1CCCN1C[C@@H]1C[C@H](c2ccc(CO)cc2)O[C@H](c2cccc(NC(=O)CCCCC(=O)Nc3ccccc3N)c2)O1. The molecule has 4 atom stereocenters. The van der Waals surface area contributed by atoms with Crippen molar-refractivity contribution in [2.45, 2.75) is 102 Å². The maximum absolute atomic E-state index is 13.1. The van der Waals surface area contributed by atoms with Crippen molar-refractivity contribution >= 4 is 34.8 Å². The first-order chi connectivity index (χ1) is 24.0. The average molecular weight is 687 g/mol. The van der Waals surface area contributed by atoms with Gasteiger partial charge in [0.05, 0.1) is 30.2 Å². The van der Waals surface area contributed by atoms with Crippen LogP contribution in [0.3, 0.4) is 0 Å². The zero-order chi connectivity index (χ0) is 35.7. The highest BCUT2D eigenvalue weighted by molar-refractivity contribution is 5.94. The molecule has 0 radical (unpaired) electrons. The molecule has 2 amide bonds. The number of hydrogen-bond donors (Lipinski definition) is 4. The molecule has 0 spiro atoms. The lowest BCUT2D eigenvalue weighted by atomic mass is 9.99. The van der Waals surface area contributed by atoms with Gasteiger partial charge in [-0.2, -0.15) is 0 Å². The number of unbranched alkanes of at least 4 members (excludes halogenated alkanes) is 1. The summed E-state index contributed by atoms with van der Waals surface area (Å²) in [6.45, 7) is 6.92. The number of carbonyl (C=O) groups excluding carboxylic acids is 3. The van der Waals surface area contributed by atoms with Gasteiger partial charge in [0, 0.05) is 37.1 Å². The first kappa shape index (κ1) is 37.0. The molecule has 3 aromatic rings. The number of nitrogen functional groups attached to an aromatic ring is 1. The van der Waals surface area contributed by atoms with E-state index in [9.17, 15) is 19.5 Å². The minimum Gasteiger partial charge on any atom is -0.459 e. The Hall–Kier alpha value is -4.29. The van der Waals surface area contributed by atoms with Crippen LogP contribution in [-0.4, -0.2) is 58.6 Å². The number of benzene rings is 3. The molecule has 0 unspecified atom stereocenters. The monoisotopic (exact) mass is 686 g/mol. The third kappa shape index (κ3) is 10.6. The molecule has 2 heterocycles. The Morgan fingerprint density at radius 3 is 2.34 bits per heavy atom. The third-order valence-electron chi connectivity index (χ3n) is 8.83. The molecule has 0 bridgehead atoms. The summed E-state index contributed by atoms with van der Waals surface area (Å²) in [6, 6.07) is 21.9. The average Bonchev–Trinajstić information content (AvgIpc) is 3.55. The van der Waals surface area contributed by atoms with Crippen LogP contribution >= 0.6 is 0 Å². The van der Waals surface area contributed by atoms with Crippen LogP contribution in [0.15, 0.2) is 72.8 Å². The Kier molecular flexibility index (Phi) is 12.6. The van der Waals surface area contributed by atoms with Gasteiger partial charge in [0.2, 0.25) is 11.8 Å². The summed E-state index contributed by atoms with van der Waals surface area (Å²) >= 11 is 0. The summed E-state index contributed by atoms with van der Waals surface area (Å²) in [5.74, 6) is -0.504. The number of aliphatic hydroxyl groups excluding tert-OH is 1. The highest BCUT2D eigenvalue weighted by atomic mass is 16.7. The Morgan fingerprint density at radius 2 is 1.64 bits per heavy atom. The predicted octanol–water partition coefficient (Wildman–Crippen LogP) is 6.25. The van der Waals surface area contributed by atoms with E-state index in [2.05, 4.69) is 15.5 Å². The Morgan fingerprint density at radius 1 is 0.920 bits per heavy atom. The molecule has 50 heavy (non-hydrogen) atoms. The van der Waals surface area contributed by atoms with E-state index < -0.39 is 11.9 Å². The molecule has 0 aromatic heterocycles. The van der Waals surface area contributed by atoms with Crippen LogP contribution in [0.5, 0.6) is 0 Å². The topological polar surface area (TPSA) is 152 Å². The van der Waals surface area contributed by atoms with Crippen molar-refractivity contribution in [2.24, 2.45) is 0 Å². The number of nitrogens with one attached hydrogen (secondary N) is 2. The lowest BCUT2D eigenvalue weighted by Crippen LogP contribution is -2.45. The second kappa shape index (κ2) is 17.1. The van der Waals surface area contributed by atoms with Crippen molar-refractivity contribution in [3.05, 3.63) is 89.5 Å². The van der Waals surface area contributed by atoms with Crippen molar-refractivity contribution in [2.75, 3.05) is 29.5 Å². The highest BCUT2D eigenvalue weighted by Crippen LogP contribution is 2.39. The minimum atomic E-state index is -0.715. The molecule has 2 fully saturated rings. The van der Waals surface area contributed by atoms with Gasteiger partial charge < -0.3 is 35.7 Å². The van der Waals surface area contributed by atoms with Crippen LogP contribution in [0.2, 0.25) is 0 Å².